The van der Waals surface area contributed by atoms with Crippen LogP contribution in [-0.2, 0) is 16.6 Å². The van der Waals surface area contributed by atoms with Crippen LogP contribution in [0.15, 0.2) is 0 Å². The van der Waals surface area contributed by atoms with Gasteiger partial charge in [0.2, 0.25) is 0 Å². The first-order valence-electron chi connectivity index (χ1n) is 7.22. The number of nitrogens with zero attached hydrogens (tertiary/aromatic N) is 3. The van der Waals surface area contributed by atoms with Crippen LogP contribution in [0.1, 0.15) is 11.4 Å². The molecule has 1 N–H and O–H groups in total. The molecule has 25 heavy (non-hydrogen) atoms. The molecule has 0 spiro atoms. The first-order chi connectivity index (χ1) is 11.0. The average molecular weight is 386 g/mol. The van der Waals surface area contributed by atoms with Crippen LogP contribution in [0.2, 0.25) is 0 Å². The number of ether oxygens (including phenoxy) is 1. The number of likely N-dealkylation sites (tertiary alicyclic amines) is 1. The van der Waals surface area contributed by atoms with Crippen molar-refractivity contribution >= 4 is 24.3 Å². The summed E-state index contributed by atoms with van der Waals surface area (Å²) in [4.78, 5) is 24.0. The van der Waals surface area contributed by atoms with Crippen molar-refractivity contribution in [3.63, 3.8) is 0 Å². The van der Waals surface area contributed by atoms with Gasteiger partial charge in [-0.05, 0) is 13.8 Å². The lowest BCUT2D eigenvalue weighted by molar-refractivity contribution is -0.188. The molecule has 2 rings (SSSR count). The molecule has 0 unspecified atom stereocenters. The van der Waals surface area contributed by atoms with Crippen molar-refractivity contribution in [3.8, 4) is 5.75 Å². The zero-order valence-corrected chi connectivity index (χ0v) is 14.6. The first-order valence-corrected chi connectivity index (χ1v) is 7.22. The number of aryl methyl sites for hydroxylation is 2. The number of carbonyl (C=O) groups is 2. The molecule has 1 aromatic rings. The van der Waals surface area contributed by atoms with Crippen molar-refractivity contribution in [3.05, 3.63) is 11.4 Å². The maximum absolute atomic E-state index is 12.9. The SMILES string of the molecule is Cc1nn(C)c(C)c1OCC(=O)N1C[C@@H](C(F)(F)F)[C@H](C(=O)O)C1.Cl. The van der Waals surface area contributed by atoms with Gasteiger partial charge in [-0.15, -0.1) is 12.4 Å². The molecule has 1 fully saturated rings. The molecule has 142 valence electrons. The summed E-state index contributed by atoms with van der Waals surface area (Å²) in [5, 5.41) is 13.1. The van der Waals surface area contributed by atoms with Crippen LogP contribution < -0.4 is 4.74 Å². The second kappa shape index (κ2) is 7.51. The van der Waals surface area contributed by atoms with E-state index in [1.165, 1.54) is 0 Å². The number of aromatic nitrogens is 2. The molecule has 0 bridgehead atoms. The van der Waals surface area contributed by atoms with Gasteiger partial charge >= 0.3 is 12.1 Å². The third-order valence-corrected chi connectivity index (χ3v) is 4.19. The Hall–Kier alpha value is -1.97. The van der Waals surface area contributed by atoms with Gasteiger partial charge in [0.15, 0.2) is 12.4 Å². The van der Waals surface area contributed by atoms with E-state index in [1.54, 1.807) is 25.6 Å². The van der Waals surface area contributed by atoms with Crippen LogP contribution in [0, 0.1) is 25.7 Å². The highest BCUT2D eigenvalue weighted by molar-refractivity contribution is 5.85. The van der Waals surface area contributed by atoms with E-state index >= 15 is 0 Å². The van der Waals surface area contributed by atoms with Crippen LogP contribution in [0.4, 0.5) is 13.2 Å². The van der Waals surface area contributed by atoms with Gasteiger partial charge in [0.25, 0.3) is 5.91 Å². The van der Waals surface area contributed by atoms with Gasteiger partial charge in [-0.3, -0.25) is 14.3 Å². The van der Waals surface area contributed by atoms with Crippen LogP contribution in [-0.4, -0.2) is 57.5 Å². The van der Waals surface area contributed by atoms with E-state index in [1.807, 2.05) is 0 Å². The van der Waals surface area contributed by atoms with E-state index < -0.39 is 49.6 Å². The average Bonchev–Trinajstić information content (AvgIpc) is 3.00. The standard InChI is InChI=1S/C14H18F3N3O4.ClH/c1-7-12(8(2)19(3)18-7)24-6-11(21)20-4-9(13(22)23)10(5-20)14(15,16)17;/h9-10H,4-6H2,1-3H3,(H,22,23);1H/t9-,10-;/m1./s1. The van der Waals surface area contributed by atoms with Crippen LogP contribution in [0.25, 0.3) is 0 Å². The third kappa shape index (κ3) is 4.36. The predicted octanol–water partition coefficient (Wildman–Crippen LogP) is 1.56. The van der Waals surface area contributed by atoms with Crippen molar-refractivity contribution in [2.75, 3.05) is 19.7 Å². The van der Waals surface area contributed by atoms with Crippen molar-refractivity contribution in [2.45, 2.75) is 20.0 Å². The van der Waals surface area contributed by atoms with Crippen molar-refractivity contribution in [2.24, 2.45) is 18.9 Å². The monoisotopic (exact) mass is 385 g/mol. The second-order valence-corrected chi connectivity index (χ2v) is 5.80. The second-order valence-electron chi connectivity index (χ2n) is 5.80. The zero-order chi connectivity index (χ0) is 18.2. The Morgan fingerprint density at radius 2 is 1.92 bits per heavy atom. The van der Waals surface area contributed by atoms with E-state index in [9.17, 15) is 22.8 Å². The van der Waals surface area contributed by atoms with Crippen LogP contribution >= 0.6 is 12.4 Å². The number of amides is 1. The zero-order valence-electron chi connectivity index (χ0n) is 13.8. The maximum Gasteiger partial charge on any atom is 0.394 e. The number of hydrogen-bond donors (Lipinski definition) is 1. The summed E-state index contributed by atoms with van der Waals surface area (Å²) in [6.45, 7) is 1.79. The van der Waals surface area contributed by atoms with Gasteiger partial charge < -0.3 is 14.7 Å². The Labute approximate surface area is 148 Å². The first kappa shape index (κ1) is 21.1. The molecular formula is C14H19ClF3N3O4. The minimum Gasteiger partial charge on any atom is -0.481 e. The van der Waals surface area contributed by atoms with Gasteiger partial charge in [-0.2, -0.15) is 18.3 Å². The van der Waals surface area contributed by atoms with Gasteiger partial charge in [0.05, 0.1) is 17.5 Å². The minimum absolute atomic E-state index is 0. The fourth-order valence-corrected chi connectivity index (χ4v) is 2.78. The molecule has 0 aromatic carbocycles. The molecule has 1 aliphatic rings. The molecule has 11 heteroatoms. The fourth-order valence-electron chi connectivity index (χ4n) is 2.78. The van der Waals surface area contributed by atoms with E-state index in [0.717, 1.165) is 4.90 Å². The molecule has 0 aliphatic carbocycles. The molecule has 1 aliphatic heterocycles. The minimum atomic E-state index is -4.67. The number of carboxylic acid groups (broad SMARTS) is 1. The Bertz CT molecular complexity index is 662. The van der Waals surface area contributed by atoms with Crippen molar-refractivity contribution < 1.29 is 32.6 Å². The molecule has 7 nitrogen and oxygen atoms in total. The van der Waals surface area contributed by atoms with Crippen LogP contribution in [0.3, 0.4) is 0 Å². The van der Waals surface area contributed by atoms with Gasteiger partial charge in [0.1, 0.15) is 5.69 Å². The Morgan fingerprint density at radius 1 is 1.32 bits per heavy atom. The summed E-state index contributed by atoms with van der Waals surface area (Å²) in [6, 6.07) is 0. The van der Waals surface area contributed by atoms with E-state index in [2.05, 4.69) is 5.10 Å². The molecule has 1 aromatic heterocycles. The largest absolute Gasteiger partial charge is 0.481 e. The summed E-state index contributed by atoms with van der Waals surface area (Å²) in [6.07, 6.45) is -4.67. The Morgan fingerprint density at radius 3 is 2.32 bits per heavy atom. The lowest BCUT2D eigenvalue weighted by atomic mass is 9.96. The number of aliphatic carboxylic acids is 1. The summed E-state index contributed by atoms with van der Waals surface area (Å²) >= 11 is 0. The molecule has 0 saturated carbocycles. The normalized spacial score (nSPS) is 20.3. The lowest BCUT2D eigenvalue weighted by Gasteiger charge is -2.18. The quantitative estimate of drug-likeness (QED) is 0.850. The Balaban J connectivity index is 0.00000312. The number of carboxylic acids is 1. The highest BCUT2D eigenvalue weighted by Crippen LogP contribution is 2.37. The highest BCUT2D eigenvalue weighted by Gasteiger charge is 2.53. The molecule has 1 saturated heterocycles. The van der Waals surface area contributed by atoms with E-state index in [0.29, 0.717) is 17.1 Å². The molecule has 0 radical (unpaired) electrons. The highest BCUT2D eigenvalue weighted by atomic mass is 35.5. The summed E-state index contributed by atoms with van der Waals surface area (Å²) < 4.78 is 45.7. The number of carbonyl (C=O) groups excluding carboxylic acids is 1. The smallest absolute Gasteiger partial charge is 0.394 e. The molecule has 1 amide bonds. The van der Waals surface area contributed by atoms with Crippen LogP contribution in [0.5, 0.6) is 5.75 Å². The Kier molecular flexibility index (Phi) is 6.33. The fraction of sp³-hybridized carbons (Fsp3) is 0.643. The van der Waals surface area contributed by atoms with Crippen molar-refractivity contribution in [1.82, 2.24) is 14.7 Å². The topological polar surface area (TPSA) is 84.7 Å². The van der Waals surface area contributed by atoms with Gasteiger partial charge in [0, 0.05) is 20.1 Å². The molecule has 2 heterocycles. The third-order valence-electron chi connectivity index (χ3n) is 4.19. The summed E-state index contributed by atoms with van der Waals surface area (Å²) in [5.74, 6) is -5.58. The maximum atomic E-state index is 12.9. The van der Waals surface area contributed by atoms with Gasteiger partial charge in [-0.25, -0.2) is 0 Å². The molecular weight excluding hydrogens is 367 g/mol. The number of rotatable bonds is 4. The number of halogens is 4. The van der Waals surface area contributed by atoms with Crippen molar-refractivity contribution in [1.29, 1.82) is 0 Å². The van der Waals surface area contributed by atoms with E-state index in [-0.39, 0.29) is 12.4 Å². The van der Waals surface area contributed by atoms with E-state index in [4.69, 9.17) is 9.84 Å². The lowest BCUT2D eigenvalue weighted by Crippen LogP contribution is -2.35. The number of alkyl halides is 3. The summed E-state index contributed by atoms with van der Waals surface area (Å²) in [7, 11) is 1.70. The number of hydrogen-bond acceptors (Lipinski definition) is 4. The molecule has 2 atom stereocenters. The van der Waals surface area contributed by atoms with Gasteiger partial charge in [-0.1, -0.05) is 0 Å². The predicted molar refractivity (Wildman–Crippen MR) is 82.7 cm³/mol. The summed E-state index contributed by atoms with van der Waals surface area (Å²) in [5.41, 5.74) is 1.24.